The molecule has 0 spiro atoms. The molecule has 0 radical (unpaired) electrons. The van der Waals surface area contributed by atoms with Gasteiger partial charge in [0.1, 0.15) is 23.7 Å². The summed E-state index contributed by atoms with van der Waals surface area (Å²) in [6.45, 7) is 10.1. The topological polar surface area (TPSA) is 110 Å². The van der Waals surface area contributed by atoms with E-state index in [4.69, 9.17) is 9.47 Å². The quantitative estimate of drug-likeness (QED) is 0.482. The molecular formula is C27H36F2O7. The molecule has 36 heavy (non-hydrogen) atoms. The molecule has 0 bridgehead atoms. The van der Waals surface area contributed by atoms with Crippen LogP contribution in [-0.4, -0.2) is 51.7 Å². The van der Waals surface area contributed by atoms with Crippen LogP contribution in [0.2, 0.25) is 0 Å². The van der Waals surface area contributed by atoms with Crippen LogP contribution in [0, 0.1) is 34.5 Å². The molecule has 200 valence electrons. The number of carboxylic acids is 1. The number of hydrogen-bond donors (Lipinski definition) is 2. The van der Waals surface area contributed by atoms with E-state index in [1.807, 2.05) is 13.8 Å². The summed E-state index contributed by atoms with van der Waals surface area (Å²) in [5.41, 5.74) is -7.13. The monoisotopic (exact) mass is 510 g/mol. The van der Waals surface area contributed by atoms with Gasteiger partial charge in [0.05, 0.1) is 5.41 Å². The molecule has 0 amide bonds. The second-order valence-corrected chi connectivity index (χ2v) is 11.9. The molecule has 4 rings (SSSR count). The maximum atomic E-state index is 17.2. The second kappa shape index (κ2) is 8.28. The Labute approximate surface area is 209 Å². The molecule has 9 heteroatoms. The Bertz CT molecular complexity index is 1050. The zero-order valence-corrected chi connectivity index (χ0v) is 21.6. The van der Waals surface area contributed by atoms with Gasteiger partial charge in [0.25, 0.3) is 0 Å². The minimum atomic E-state index is -2.12. The Kier molecular flexibility index (Phi) is 6.12. The van der Waals surface area contributed by atoms with Crippen molar-refractivity contribution in [2.24, 2.45) is 34.5 Å². The Hall–Kier alpha value is -2.45. The molecule has 0 aromatic carbocycles. The van der Waals surface area contributed by atoms with E-state index in [-0.39, 0.29) is 37.2 Å². The number of hydrogen-bond acceptors (Lipinski definition) is 6. The van der Waals surface area contributed by atoms with Gasteiger partial charge in [-0.3, -0.25) is 4.79 Å². The lowest BCUT2D eigenvalue weighted by Crippen LogP contribution is -2.66. The largest absolute Gasteiger partial charge is 0.511 e. The van der Waals surface area contributed by atoms with Crippen molar-refractivity contribution < 1.29 is 42.9 Å². The molecule has 3 fully saturated rings. The highest BCUT2D eigenvalue weighted by Crippen LogP contribution is 2.72. The standard InChI is InChI=1S/C27H36F2O7/c1-13(2)15(4)35-23(34)36-27(22(32)33)14(3)9-17-18-12-20(28)19-10-16(30)11-21(31)25(19,6)26(18,29)8-7-24(17,27)5/h10-11,13-15,17-18,20,31H,7-9,12H2,1-6H3,(H,32,33)/t14-,15?,17+,18+,20+,24+,25-,26?,27-/m1/s1. The van der Waals surface area contributed by atoms with Crippen molar-refractivity contribution in [3.05, 3.63) is 23.5 Å². The van der Waals surface area contributed by atoms with E-state index in [1.165, 1.54) is 6.92 Å². The number of carboxylic acid groups (broad SMARTS) is 1. The van der Waals surface area contributed by atoms with Gasteiger partial charge in [-0.25, -0.2) is 18.4 Å². The van der Waals surface area contributed by atoms with Gasteiger partial charge < -0.3 is 19.7 Å². The molecule has 4 aliphatic rings. The highest BCUT2D eigenvalue weighted by molar-refractivity contribution is 6.02. The van der Waals surface area contributed by atoms with Crippen LogP contribution in [0.3, 0.4) is 0 Å². The number of rotatable bonds is 4. The molecule has 0 heterocycles. The third-order valence-electron chi connectivity index (χ3n) is 10.1. The molecule has 0 aromatic heterocycles. The fourth-order valence-corrected chi connectivity index (χ4v) is 7.67. The van der Waals surface area contributed by atoms with Gasteiger partial charge in [-0.15, -0.1) is 0 Å². The molecule has 3 saturated carbocycles. The molecule has 4 aliphatic carbocycles. The number of alkyl halides is 2. The van der Waals surface area contributed by atoms with Crippen molar-refractivity contribution in [2.75, 3.05) is 0 Å². The van der Waals surface area contributed by atoms with Crippen LogP contribution in [0.5, 0.6) is 0 Å². The van der Waals surface area contributed by atoms with E-state index < -0.39 is 75.8 Å². The summed E-state index contributed by atoms with van der Waals surface area (Å²) in [5, 5.41) is 21.2. The van der Waals surface area contributed by atoms with Gasteiger partial charge in [-0.05, 0) is 63.0 Å². The predicted octanol–water partition coefficient (Wildman–Crippen LogP) is 5.49. The number of aliphatic hydroxyl groups is 1. The first kappa shape index (κ1) is 26.6. The number of fused-ring (bicyclic) bond motifs is 5. The highest BCUT2D eigenvalue weighted by Gasteiger charge is 2.77. The van der Waals surface area contributed by atoms with Gasteiger partial charge in [0, 0.05) is 23.3 Å². The van der Waals surface area contributed by atoms with Crippen LogP contribution < -0.4 is 0 Å². The Balaban J connectivity index is 1.76. The smallest absolute Gasteiger partial charge is 0.509 e. The van der Waals surface area contributed by atoms with Crippen LogP contribution in [0.15, 0.2) is 23.5 Å². The zero-order chi connectivity index (χ0) is 27.0. The second-order valence-electron chi connectivity index (χ2n) is 11.9. The third-order valence-corrected chi connectivity index (χ3v) is 10.1. The van der Waals surface area contributed by atoms with E-state index in [0.717, 1.165) is 12.2 Å². The van der Waals surface area contributed by atoms with E-state index in [1.54, 1.807) is 20.8 Å². The van der Waals surface area contributed by atoms with Crippen molar-refractivity contribution in [3.63, 3.8) is 0 Å². The molecule has 0 saturated heterocycles. The summed E-state index contributed by atoms with van der Waals surface area (Å²) < 4.78 is 43.8. The SMILES string of the molecule is CC(C)C(C)OC(=O)O[C@@]1(C(=O)O)[C@H](C)C[C@H]2[C@@H]3C[C@H](F)C4=CC(=O)C=C(O)[C@]4(C)C3(F)CC[C@@]21C. The number of carbonyl (C=O) groups excluding carboxylic acids is 2. The number of aliphatic hydroxyl groups excluding tert-OH is 1. The lowest BCUT2D eigenvalue weighted by atomic mass is 9.45. The van der Waals surface area contributed by atoms with E-state index in [0.29, 0.717) is 0 Å². The normalized spacial score (nSPS) is 44.5. The number of ketones is 1. The minimum absolute atomic E-state index is 0.0145. The highest BCUT2D eigenvalue weighted by atomic mass is 19.1. The first-order valence-electron chi connectivity index (χ1n) is 12.7. The zero-order valence-electron chi connectivity index (χ0n) is 21.6. The average Bonchev–Trinajstić information content (AvgIpc) is 2.99. The van der Waals surface area contributed by atoms with Crippen LogP contribution in [0.1, 0.15) is 67.2 Å². The molecular weight excluding hydrogens is 474 g/mol. The summed E-state index contributed by atoms with van der Waals surface area (Å²) in [5.74, 6) is -4.78. The number of aliphatic carboxylic acids is 1. The molecule has 7 nitrogen and oxygen atoms in total. The number of carbonyl (C=O) groups is 3. The number of allylic oxidation sites excluding steroid dienone is 3. The predicted molar refractivity (Wildman–Crippen MR) is 126 cm³/mol. The fourth-order valence-electron chi connectivity index (χ4n) is 7.67. The van der Waals surface area contributed by atoms with Crippen molar-refractivity contribution >= 4 is 17.9 Å². The van der Waals surface area contributed by atoms with E-state index in [2.05, 4.69) is 0 Å². The summed E-state index contributed by atoms with van der Waals surface area (Å²) in [6, 6.07) is 0. The maximum absolute atomic E-state index is 17.2. The molecule has 9 atom stereocenters. The van der Waals surface area contributed by atoms with Gasteiger partial charge in [-0.2, -0.15) is 0 Å². The molecule has 0 aliphatic heterocycles. The Morgan fingerprint density at radius 3 is 2.33 bits per heavy atom. The van der Waals surface area contributed by atoms with Crippen molar-refractivity contribution in [1.82, 2.24) is 0 Å². The summed E-state index contributed by atoms with van der Waals surface area (Å²) in [7, 11) is 0. The first-order chi connectivity index (χ1) is 16.6. The van der Waals surface area contributed by atoms with Crippen LogP contribution in [-0.2, 0) is 19.1 Å². The molecule has 2 unspecified atom stereocenters. The lowest BCUT2D eigenvalue weighted by molar-refractivity contribution is -0.206. The van der Waals surface area contributed by atoms with Gasteiger partial charge >= 0.3 is 12.1 Å². The Morgan fingerprint density at radius 2 is 1.75 bits per heavy atom. The minimum Gasteiger partial charge on any atom is -0.511 e. The number of ether oxygens (including phenoxy) is 2. The van der Waals surface area contributed by atoms with Crippen LogP contribution in [0.4, 0.5) is 13.6 Å². The van der Waals surface area contributed by atoms with Crippen LogP contribution in [0.25, 0.3) is 0 Å². The fraction of sp³-hybridized carbons (Fsp3) is 0.741. The van der Waals surface area contributed by atoms with Gasteiger partial charge in [-0.1, -0.05) is 27.7 Å². The van der Waals surface area contributed by atoms with E-state index >= 15 is 8.78 Å². The van der Waals surface area contributed by atoms with Crippen molar-refractivity contribution in [1.29, 1.82) is 0 Å². The van der Waals surface area contributed by atoms with Crippen molar-refractivity contribution in [3.8, 4) is 0 Å². The van der Waals surface area contributed by atoms with Crippen molar-refractivity contribution in [2.45, 2.75) is 90.8 Å². The molecule has 2 N–H and O–H groups in total. The average molecular weight is 511 g/mol. The van der Waals surface area contributed by atoms with Crippen LogP contribution >= 0.6 is 0 Å². The van der Waals surface area contributed by atoms with Gasteiger partial charge in [0.15, 0.2) is 5.78 Å². The number of halogens is 2. The first-order valence-corrected chi connectivity index (χ1v) is 12.7. The Morgan fingerprint density at radius 1 is 1.11 bits per heavy atom. The summed E-state index contributed by atoms with van der Waals surface area (Å²) in [4.78, 5) is 37.6. The van der Waals surface area contributed by atoms with Gasteiger partial charge in [0.2, 0.25) is 5.60 Å². The van der Waals surface area contributed by atoms with E-state index in [9.17, 15) is 24.6 Å². The summed E-state index contributed by atoms with van der Waals surface area (Å²) in [6.07, 6.45) is -1.51. The maximum Gasteiger partial charge on any atom is 0.509 e. The lowest BCUT2D eigenvalue weighted by Gasteiger charge is -2.61. The third kappa shape index (κ3) is 3.23. The summed E-state index contributed by atoms with van der Waals surface area (Å²) >= 11 is 0. The molecule has 0 aromatic rings.